The highest BCUT2D eigenvalue weighted by Gasteiger charge is 1.96. The lowest BCUT2D eigenvalue weighted by Crippen LogP contribution is -1.83. The van der Waals surface area contributed by atoms with Gasteiger partial charge in [-0.1, -0.05) is 6.07 Å². The van der Waals surface area contributed by atoms with Gasteiger partial charge in [0.2, 0.25) is 0 Å². The van der Waals surface area contributed by atoms with Crippen LogP contribution in [-0.4, -0.2) is 10.9 Å². The second-order valence-electron chi connectivity index (χ2n) is 2.58. The monoisotopic (exact) mass is 168 g/mol. The molecule has 62 valence electrons. The van der Waals surface area contributed by atoms with Crippen LogP contribution >= 0.6 is 0 Å². The lowest BCUT2D eigenvalue weighted by Gasteiger charge is -1.97. The minimum absolute atomic E-state index is 0.953. The molecule has 0 atom stereocenters. The normalized spacial score (nSPS) is 14.0. The number of hydrogen-bond acceptors (Lipinski definition) is 2. The fraction of sp³-hybridized carbons (Fsp3) is 0. The number of nitrogens with zero attached hydrogens (tertiary/aromatic N) is 2. The molecule has 0 saturated heterocycles. The lowest BCUT2D eigenvalue weighted by atomic mass is 10.1. The topological polar surface area (TPSA) is 25.2 Å². The number of pyridine rings is 1. The van der Waals surface area contributed by atoms with E-state index in [2.05, 4.69) is 15.8 Å². The van der Waals surface area contributed by atoms with Crippen molar-refractivity contribution in [1.29, 1.82) is 0 Å². The largest absolute Gasteiger partial charge is 0.256 e. The van der Waals surface area contributed by atoms with Crippen LogP contribution in [0.2, 0.25) is 0 Å². The summed E-state index contributed by atoms with van der Waals surface area (Å²) >= 11 is 0. The molecule has 13 heavy (non-hydrogen) atoms. The fourth-order valence-corrected chi connectivity index (χ4v) is 1.09. The molecular weight excluding hydrogens is 160 g/mol. The van der Waals surface area contributed by atoms with E-state index in [0.29, 0.717) is 0 Å². The molecule has 2 heterocycles. The lowest BCUT2D eigenvalue weighted by molar-refractivity contribution is 1.28. The zero-order valence-electron chi connectivity index (χ0n) is 7.01. The summed E-state index contributed by atoms with van der Waals surface area (Å²) in [5, 5.41) is 0. The summed E-state index contributed by atoms with van der Waals surface area (Å²) in [5.74, 6) is 2.76. The average molecular weight is 168 g/mol. The minimum Gasteiger partial charge on any atom is -0.256 e. The Hall–Kier alpha value is -1.92. The highest BCUT2D eigenvalue weighted by atomic mass is 14.7. The highest BCUT2D eigenvalue weighted by Crippen LogP contribution is 2.13. The van der Waals surface area contributed by atoms with Crippen molar-refractivity contribution in [3.8, 4) is 0 Å². The number of allylic oxidation sites excluding steroid dienone is 4. The zero-order chi connectivity index (χ0) is 8.93. The third-order valence-corrected chi connectivity index (χ3v) is 1.70. The van der Waals surface area contributed by atoms with E-state index >= 15 is 0 Å². The number of rotatable bonds is 1. The summed E-state index contributed by atoms with van der Waals surface area (Å²) in [6.07, 6.45) is 9.13. The van der Waals surface area contributed by atoms with Crippen molar-refractivity contribution in [1.82, 2.24) is 4.98 Å². The third-order valence-electron chi connectivity index (χ3n) is 1.70. The van der Waals surface area contributed by atoms with Gasteiger partial charge in [-0.25, -0.2) is 4.99 Å². The van der Waals surface area contributed by atoms with E-state index in [9.17, 15) is 0 Å². The SMILES string of the molecule is C1=CC=C(c2ccccn2)C=CN=1. The van der Waals surface area contributed by atoms with Gasteiger partial charge in [-0.15, -0.1) is 0 Å². The molecule has 2 rings (SSSR count). The van der Waals surface area contributed by atoms with Gasteiger partial charge in [-0.05, 0) is 30.2 Å². The highest BCUT2D eigenvalue weighted by molar-refractivity contribution is 5.76. The van der Waals surface area contributed by atoms with Crippen molar-refractivity contribution < 1.29 is 0 Å². The maximum absolute atomic E-state index is 4.24. The van der Waals surface area contributed by atoms with Crippen LogP contribution in [0, 0.1) is 0 Å². The quantitative estimate of drug-likeness (QED) is 0.631. The van der Waals surface area contributed by atoms with Crippen molar-refractivity contribution in [2.75, 3.05) is 0 Å². The van der Waals surface area contributed by atoms with Crippen LogP contribution in [0.4, 0.5) is 0 Å². The summed E-state index contributed by atoms with van der Waals surface area (Å²) in [7, 11) is 0. The number of aliphatic imine (C=N–C) groups is 1. The van der Waals surface area contributed by atoms with E-state index in [1.807, 2.05) is 30.4 Å². The molecule has 2 heteroatoms. The van der Waals surface area contributed by atoms with E-state index in [-0.39, 0.29) is 0 Å². The third kappa shape index (κ3) is 1.81. The molecule has 0 N–H and O–H groups in total. The van der Waals surface area contributed by atoms with Crippen molar-refractivity contribution in [3.05, 3.63) is 54.5 Å². The van der Waals surface area contributed by atoms with Gasteiger partial charge in [0.1, 0.15) is 0 Å². The van der Waals surface area contributed by atoms with E-state index in [1.54, 1.807) is 18.5 Å². The second-order valence-corrected chi connectivity index (χ2v) is 2.58. The van der Waals surface area contributed by atoms with Crippen molar-refractivity contribution in [2.45, 2.75) is 0 Å². The predicted molar refractivity (Wildman–Crippen MR) is 53.4 cm³/mol. The maximum Gasteiger partial charge on any atom is 0.0702 e. The van der Waals surface area contributed by atoms with Crippen molar-refractivity contribution in [2.24, 2.45) is 4.99 Å². The smallest absolute Gasteiger partial charge is 0.0702 e. The van der Waals surface area contributed by atoms with Crippen LogP contribution in [0.25, 0.3) is 5.57 Å². The molecule has 1 aromatic rings. The first-order chi connectivity index (χ1) is 6.47. The Balaban J connectivity index is 2.39. The van der Waals surface area contributed by atoms with Crippen molar-refractivity contribution >= 4 is 11.4 Å². The minimum atomic E-state index is 0.953. The van der Waals surface area contributed by atoms with Gasteiger partial charge in [-0.3, -0.25) is 4.98 Å². The van der Waals surface area contributed by atoms with E-state index < -0.39 is 0 Å². The van der Waals surface area contributed by atoms with Gasteiger partial charge >= 0.3 is 0 Å². The summed E-state index contributed by atoms with van der Waals surface area (Å²) < 4.78 is 0. The first-order valence-corrected chi connectivity index (χ1v) is 4.03. The average Bonchev–Trinajstić information content (AvgIpc) is 2.47. The molecular formula is C11H8N2. The number of aromatic nitrogens is 1. The molecule has 1 aromatic heterocycles. The van der Waals surface area contributed by atoms with Crippen LogP contribution in [0.1, 0.15) is 5.69 Å². The van der Waals surface area contributed by atoms with Crippen LogP contribution in [0.3, 0.4) is 0 Å². The standard InChI is InChI=1S/C11H8N2/c1-2-8-13-11(5-1)10-4-3-7-12-9-6-10/h1-6,8-9H. The Morgan fingerprint density at radius 2 is 2.23 bits per heavy atom. The molecule has 0 spiro atoms. The van der Waals surface area contributed by atoms with Gasteiger partial charge in [0.05, 0.1) is 5.69 Å². The Kier molecular flexibility index (Phi) is 2.17. The molecule has 0 unspecified atom stereocenters. The van der Waals surface area contributed by atoms with Gasteiger partial charge in [-0.2, -0.15) is 0 Å². The summed E-state index contributed by atoms with van der Waals surface area (Å²) in [4.78, 5) is 8.12. The maximum atomic E-state index is 4.24. The molecule has 1 aliphatic heterocycles. The number of hydrogen-bond donors (Lipinski definition) is 0. The summed E-state index contributed by atoms with van der Waals surface area (Å²) in [6, 6.07) is 5.83. The Morgan fingerprint density at radius 3 is 3.08 bits per heavy atom. The van der Waals surface area contributed by atoms with Gasteiger partial charge in [0, 0.05) is 24.0 Å². The molecule has 0 aliphatic carbocycles. The van der Waals surface area contributed by atoms with Crippen LogP contribution in [-0.2, 0) is 0 Å². The Bertz CT molecular complexity index is 407. The summed E-state index contributed by atoms with van der Waals surface area (Å²) in [5.41, 5.74) is 2.00. The van der Waals surface area contributed by atoms with Gasteiger partial charge in [0.25, 0.3) is 0 Å². The van der Waals surface area contributed by atoms with E-state index in [0.717, 1.165) is 11.3 Å². The van der Waals surface area contributed by atoms with Gasteiger partial charge < -0.3 is 0 Å². The van der Waals surface area contributed by atoms with Gasteiger partial charge in [0.15, 0.2) is 0 Å². The van der Waals surface area contributed by atoms with E-state index in [4.69, 9.17) is 0 Å². The molecule has 0 bridgehead atoms. The fourth-order valence-electron chi connectivity index (χ4n) is 1.09. The second kappa shape index (κ2) is 3.65. The molecule has 0 radical (unpaired) electrons. The molecule has 0 saturated carbocycles. The molecule has 0 aromatic carbocycles. The Labute approximate surface area is 76.7 Å². The van der Waals surface area contributed by atoms with Crippen LogP contribution in [0.15, 0.2) is 53.8 Å². The predicted octanol–water partition coefficient (Wildman–Crippen LogP) is 2.22. The molecule has 1 aliphatic rings. The molecule has 0 amide bonds. The van der Waals surface area contributed by atoms with E-state index in [1.165, 1.54) is 0 Å². The first-order valence-electron chi connectivity index (χ1n) is 4.03. The zero-order valence-corrected chi connectivity index (χ0v) is 7.01. The summed E-state index contributed by atoms with van der Waals surface area (Å²) in [6.45, 7) is 0. The van der Waals surface area contributed by atoms with Crippen molar-refractivity contribution in [3.63, 3.8) is 0 Å². The van der Waals surface area contributed by atoms with Crippen LogP contribution in [0.5, 0.6) is 0 Å². The Morgan fingerprint density at radius 1 is 1.23 bits per heavy atom. The first kappa shape index (κ1) is 7.71. The molecule has 0 fully saturated rings. The van der Waals surface area contributed by atoms with Crippen LogP contribution < -0.4 is 0 Å². The molecule has 2 nitrogen and oxygen atoms in total.